The van der Waals surface area contributed by atoms with Crippen LogP contribution in [0.3, 0.4) is 0 Å². The molecule has 3 heterocycles. The third-order valence-electron chi connectivity index (χ3n) is 4.29. The van der Waals surface area contributed by atoms with E-state index in [1.54, 1.807) is 19.6 Å². The summed E-state index contributed by atoms with van der Waals surface area (Å²) < 4.78 is 5.56. The number of pyridine rings is 1. The van der Waals surface area contributed by atoms with Crippen LogP contribution in [0, 0.1) is 0 Å². The molecule has 122 valence electrons. The van der Waals surface area contributed by atoms with E-state index in [1.165, 1.54) is 0 Å². The quantitative estimate of drug-likeness (QED) is 0.881. The number of hydrogen-bond donors (Lipinski definition) is 1. The summed E-state index contributed by atoms with van der Waals surface area (Å²) in [6.07, 6.45) is 7.40. The first-order chi connectivity index (χ1) is 11.3. The number of rotatable bonds is 6. The second kappa shape index (κ2) is 7.37. The van der Waals surface area contributed by atoms with E-state index in [9.17, 15) is 0 Å². The van der Waals surface area contributed by atoms with E-state index in [-0.39, 0.29) is 6.10 Å². The maximum Gasteiger partial charge on any atom is 0.132 e. The number of ether oxygens (including phenoxy) is 1. The van der Waals surface area contributed by atoms with Gasteiger partial charge in [-0.3, -0.25) is 4.98 Å². The summed E-state index contributed by atoms with van der Waals surface area (Å²) >= 11 is 0. The van der Waals surface area contributed by atoms with E-state index < -0.39 is 0 Å². The largest absolute Gasteiger partial charge is 0.383 e. The van der Waals surface area contributed by atoms with Crippen LogP contribution in [-0.2, 0) is 11.2 Å². The molecule has 0 bridgehead atoms. The predicted molar refractivity (Wildman–Crippen MR) is 90.7 cm³/mol. The molecule has 6 nitrogen and oxygen atoms in total. The Labute approximate surface area is 136 Å². The van der Waals surface area contributed by atoms with Crippen LogP contribution in [-0.4, -0.2) is 47.3 Å². The maximum atomic E-state index is 5.56. The fourth-order valence-corrected chi connectivity index (χ4v) is 2.99. The van der Waals surface area contributed by atoms with Gasteiger partial charge in [-0.1, -0.05) is 6.92 Å². The zero-order valence-corrected chi connectivity index (χ0v) is 13.6. The third-order valence-corrected chi connectivity index (χ3v) is 4.29. The highest BCUT2D eigenvalue weighted by Crippen LogP contribution is 2.25. The standard InChI is InChI=1S/C17H23N5O/c1-3-13-8-14(4-7-19-13)20-10-15-9-16(23-2)11-22(15)17-5-6-18-12-21-17/h4-8,12,15-16H,3,9-11H2,1-2H3,(H,19,20)/t15-,16-/m1/s1. The summed E-state index contributed by atoms with van der Waals surface area (Å²) in [6, 6.07) is 6.41. The van der Waals surface area contributed by atoms with Crippen molar-refractivity contribution in [2.75, 3.05) is 30.4 Å². The van der Waals surface area contributed by atoms with Crippen molar-refractivity contribution in [3.8, 4) is 0 Å². The zero-order chi connectivity index (χ0) is 16.1. The molecule has 0 radical (unpaired) electrons. The minimum atomic E-state index is 0.236. The molecule has 0 aliphatic carbocycles. The molecule has 23 heavy (non-hydrogen) atoms. The topological polar surface area (TPSA) is 63.2 Å². The van der Waals surface area contributed by atoms with Gasteiger partial charge in [0.1, 0.15) is 12.1 Å². The summed E-state index contributed by atoms with van der Waals surface area (Å²) in [7, 11) is 1.77. The van der Waals surface area contributed by atoms with Crippen LogP contribution in [0.15, 0.2) is 36.9 Å². The Morgan fingerprint density at radius 2 is 2.22 bits per heavy atom. The number of nitrogens with zero attached hydrogens (tertiary/aromatic N) is 4. The van der Waals surface area contributed by atoms with Gasteiger partial charge in [0.2, 0.25) is 0 Å². The lowest BCUT2D eigenvalue weighted by molar-refractivity contribution is 0.118. The number of nitrogens with one attached hydrogen (secondary N) is 1. The Hall–Kier alpha value is -2.21. The van der Waals surface area contributed by atoms with Crippen molar-refractivity contribution >= 4 is 11.5 Å². The molecule has 0 aromatic carbocycles. The first-order valence-corrected chi connectivity index (χ1v) is 8.04. The van der Waals surface area contributed by atoms with Gasteiger partial charge in [0.15, 0.2) is 0 Å². The number of aromatic nitrogens is 3. The van der Waals surface area contributed by atoms with Gasteiger partial charge < -0.3 is 15.0 Å². The van der Waals surface area contributed by atoms with Gasteiger partial charge in [-0.05, 0) is 31.0 Å². The molecule has 1 aliphatic rings. The van der Waals surface area contributed by atoms with Crippen molar-refractivity contribution in [1.82, 2.24) is 15.0 Å². The monoisotopic (exact) mass is 313 g/mol. The van der Waals surface area contributed by atoms with Crippen molar-refractivity contribution in [3.05, 3.63) is 42.6 Å². The zero-order valence-electron chi connectivity index (χ0n) is 13.6. The Balaban J connectivity index is 1.69. The third kappa shape index (κ3) is 3.76. The van der Waals surface area contributed by atoms with E-state index in [2.05, 4.69) is 38.2 Å². The Morgan fingerprint density at radius 1 is 1.30 bits per heavy atom. The van der Waals surface area contributed by atoms with Crippen LogP contribution in [0.1, 0.15) is 19.0 Å². The lowest BCUT2D eigenvalue weighted by Gasteiger charge is -2.25. The average Bonchev–Trinajstić information content (AvgIpc) is 3.04. The van der Waals surface area contributed by atoms with Gasteiger partial charge in [0.05, 0.1) is 12.1 Å². The van der Waals surface area contributed by atoms with Crippen molar-refractivity contribution in [2.24, 2.45) is 0 Å². The van der Waals surface area contributed by atoms with Crippen LogP contribution in [0.25, 0.3) is 0 Å². The molecule has 0 unspecified atom stereocenters. The molecular formula is C17H23N5O. The first-order valence-electron chi connectivity index (χ1n) is 8.04. The smallest absolute Gasteiger partial charge is 0.132 e. The van der Waals surface area contributed by atoms with E-state index >= 15 is 0 Å². The van der Waals surface area contributed by atoms with Gasteiger partial charge in [0.25, 0.3) is 0 Å². The molecule has 1 saturated heterocycles. The summed E-state index contributed by atoms with van der Waals surface area (Å²) in [5.41, 5.74) is 2.21. The van der Waals surface area contributed by atoms with Crippen LogP contribution in [0.2, 0.25) is 0 Å². The Bertz CT molecular complexity index is 621. The minimum Gasteiger partial charge on any atom is -0.383 e. The molecule has 1 aliphatic heterocycles. The van der Waals surface area contributed by atoms with E-state index in [1.807, 2.05) is 18.3 Å². The van der Waals surface area contributed by atoms with E-state index in [0.29, 0.717) is 6.04 Å². The number of anilines is 2. The van der Waals surface area contributed by atoms with Gasteiger partial charge in [-0.2, -0.15) is 0 Å². The molecule has 0 spiro atoms. The fourth-order valence-electron chi connectivity index (χ4n) is 2.99. The lowest BCUT2D eigenvalue weighted by Crippen LogP contribution is -2.35. The molecule has 0 amide bonds. The molecular weight excluding hydrogens is 290 g/mol. The normalized spacial score (nSPS) is 20.7. The first kappa shape index (κ1) is 15.7. The molecule has 6 heteroatoms. The molecule has 2 atom stereocenters. The molecule has 2 aromatic heterocycles. The Morgan fingerprint density at radius 3 is 2.96 bits per heavy atom. The number of hydrogen-bond acceptors (Lipinski definition) is 6. The highest BCUT2D eigenvalue weighted by Gasteiger charge is 2.32. The van der Waals surface area contributed by atoms with Gasteiger partial charge in [0, 0.05) is 44.0 Å². The number of methoxy groups -OCH3 is 1. The summed E-state index contributed by atoms with van der Waals surface area (Å²) in [5.74, 6) is 0.954. The second-order valence-corrected chi connectivity index (χ2v) is 5.74. The second-order valence-electron chi connectivity index (χ2n) is 5.74. The van der Waals surface area contributed by atoms with Crippen LogP contribution >= 0.6 is 0 Å². The van der Waals surface area contributed by atoms with Crippen LogP contribution in [0.5, 0.6) is 0 Å². The van der Waals surface area contributed by atoms with Crippen LogP contribution in [0.4, 0.5) is 11.5 Å². The molecule has 1 fully saturated rings. The molecule has 2 aromatic rings. The van der Waals surface area contributed by atoms with Gasteiger partial charge in [-0.15, -0.1) is 0 Å². The molecule has 1 N–H and O–H groups in total. The van der Waals surface area contributed by atoms with E-state index in [0.717, 1.165) is 43.1 Å². The average molecular weight is 313 g/mol. The summed E-state index contributed by atoms with van der Waals surface area (Å²) in [5, 5.41) is 3.53. The minimum absolute atomic E-state index is 0.236. The fraction of sp³-hybridized carbons (Fsp3) is 0.471. The summed E-state index contributed by atoms with van der Waals surface area (Å²) in [4.78, 5) is 15.0. The highest BCUT2D eigenvalue weighted by atomic mass is 16.5. The molecule has 0 saturated carbocycles. The molecule has 3 rings (SSSR count). The predicted octanol–water partition coefficient (Wildman–Crippen LogP) is 2.14. The number of aryl methyl sites for hydroxylation is 1. The van der Waals surface area contributed by atoms with Crippen molar-refractivity contribution in [2.45, 2.75) is 31.9 Å². The maximum absolute atomic E-state index is 5.56. The Kier molecular flexibility index (Phi) is 5.02. The van der Waals surface area contributed by atoms with Gasteiger partial charge in [-0.25, -0.2) is 9.97 Å². The van der Waals surface area contributed by atoms with Crippen molar-refractivity contribution < 1.29 is 4.74 Å². The van der Waals surface area contributed by atoms with E-state index in [4.69, 9.17) is 4.74 Å². The van der Waals surface area contributed by atoms with Crippen molar-refractivity contribution in [1.29, 1.82) is 0 Å². The highest BCUT2D eigenvalue weighted by molar-refractivity contribution is 5.46. The van der Waals surface area contributed by atoms with Crippen molar-refractivity contribution in [3.63, 3.8) is 0 Å². The lowest BCUT2D eigenvalue weighted by atomic mass is 10.2. The summed E-state index contributed by atoms with van der Waals surface area (Å²) in [6.45, 7) is 3.82. The SMILES string of the molecule is CCc1cc(NC[C@H]2C[C@@H](OC)CN2c2ccncn2)ccn1. The van der Waals surface area contributed by atoms with Crippen LogP contribution < -0.4 is 10.2 Å². The van der Waals surface area contributed by atoms with Gasteiger partial charge >= 0.3 is 0 Å².